The third-order valence-corrected chi connectivity index (χ3v) is 1.83. The molecule has 0 atom stereocenters. The minimum Gasteiger partial charge on any atom is -0.303 e. The smallest absolute Gasteiger partial charge is 0.303 e. The van der Waals surface area contributed by atoms with Gasteiger partial charge in [-0.1, -0.05) is 55.5 Å². The zero-order valence-electron chi connectivity index (χ0n) is 9.31. The van der Waals surface area contributed by atoms with E-state index in [2.05, 4.69) is 48.5 Å². The van der Waals surface area contributed by atoms with Crippen LogP contribution in [0.5, 0.6) is 0 Å². The summed E-state index contributed by atoms with van der Waals surface area (Å²) in [7, 11) is 0. The molecule has 72 valence electrons. The second kappa shape index (κ2) is 8.66. The van der Waals surface area contributed by atoms with Crippen molar-refractivity contribution in [2.45, 2.75) is 13.3 Å². The maximum Gasteiger partial charge on any atom is 1.00 e. The van der Waals surface area contributed by atoms with Crippen molar-refractivity contribution in [2.75, 3.05) is 0 Å². The first-order chi connectivity index (χ1) is 6.88. The monoisotopic (exact) mass is 209 g/mol. The summed E-state index contributed by atoms with van der Waals surface area (Å²) in [5.41, 5.74) is 0. The van der Waals surface area contributed by atoms with Gasteiger partial charge in [0.1, 0.15) is 6.29 Å². The average molecular weight is 209 g/mol. The van der Waals surface area contributed by atoms with Gasteiger partial charge in [0, 0.05) is 6.42 Å². The topological polar surface area (TPSA) is 17.1 Å². The third-order valence-electron chi connectivity index (χ3n) is 1.83. The van der Waals surface area contributed by atoms with Crippen LogP contribution >= 0.6 is 0 Å². The van der Waals surface area contributed by atoms with E-state index in [9.17, 15) is 4.79 Å². The molecule has 0 aliphatic heterocycles. The molecule has 2 rings (SSSR count). The summed E-state index contributed by atoms with van der Waals surface area (Å²) >= 11 is 0. The fraction of sp³-hybridized carbons (Fsp3) is 0.154. The Labute approximate surface area is 113 Å². The number of aldehydes is 1. The normalized spacial score (nSPS) is 8.33. The van der Waals surface area contributed by atoms with E-state index < -0.39 is 0 Å². The van der Waals surface area contributed by atoms with Crippen molar-refractivity contribution in [2.24, 2.45) is 0 Å². The summed E-state index contributed by atoms with van der Waals surface area (Å²) in [6.07, 6.45) is 1.51. The summed E-state index contributed by atoms with van der Waals surface area (Å²) in [6.45, 7) is 1.81. The van der Waals surface area contributed by atoms with E-state index in [0.29, 0.717) is 6.42 Å². The van der Waals surface area contributed by atoms with Gasteiger partial charge < -0.3 is 4.79 Å². The average Bonchev–Trinajstić information content (AvgIpc) is 2.30. The molecule has 0 saturated carbocycles. The summed E-state index contributed by atoms with van der Waals surface area (Å²) < 4.78 is 0. The van der Waals surface area contributed by atoms with Crippen molar-refractivity contribution >= 4 is 17.1 Å². The maximum absolute atomic E-state index is 9.17. The van der Waals surface area contributed by atoms with Crippen LogP contribution < -0.4 is 29.6 Å². The SMILES string of the molecule is CCC=O.[Na+].c1ccc2ccccc2c1. The molecule has 2 aromatic rings. The van der Waals surface area contributed by atoms with Gasteiger partial charge in [-0.25, -0.2) is 0 Å². The van der Waals surface area contributed by atoms with Crippen molar-refractivity contribution in [3.8, 4) is 0 Å². The molecule has 2 heteroatoms. The molecule has 0 amide bonds. The van der Waals surface area contributed by atoms with Gasteiger partial charge >= 0.3 is 29.6 Å². The molecule has 0 aromatic heterocycles. The predicted molar refractivity (Wildman–Crippen MR) is 60.3 cm³/mol. The number of carbonyl (C=O) groups is 1. The molecule has 0 heterocycles. The number of benzene rings is 2. The molecule has 0 unspecified atom stereocenters. The van der Waals surface area contributed by atoms with Gasteiger partial charge in [-0.05, 0) is 10.8 Å². The fourth-order valence-corrected chi connectivity index (χ4v) is 1.13. The van der Waals surface area contributed by atoms with E-state index in [1.54, 1.807) is 0 Å². The van der Waals surface area contributed by atoms with E-state index in [1.807, 2.05) is 6.92 Å². The van der Waals surface area contributed by atoms with Crippen molar-refractivity contribution in [1.82, 2.24) is 0 Å². The maximum atomic E-state index is 9.17. The van der Waals surface area contributed by atoms with E-state index in [1.165, 1.54) is 10.8 Å². The molecular weight excluding hydrogens is 195 g/mol. The van der Waals surface area contributed by atoms with Crippen LogP contribution in [0.3, 0.4) is 0 Å². The Morgan fingerprint density at radius 2 is 1.20 bits per heavy atom. The Hall–Kier alpha value is -0.630. The number of fused-ring (bicyclic) bond motifs is 1. The van der Waals surface area contributed by atoms with Crippen LogP contribution in [0, 0.1) is 0 Å². The Bertz CT molecular complexity index is 333. The quantitative estimate of drug-likeness (QED) is 0.492. The van der Waals surface area contributed by atoms with Crippen molar-refractivity contribution in [3.63, 3.8) is 0 Å². The second-order valence-corrected chi connectivity index (χ2v) is 2.92. The third kappa shape index (κ3) is 5.12. The second-order valence-electron chi connectivity index (χ2n) is 2.92. The molecule has 0 spiro atoms. The Morgan fingerprint density at radius 1 is 0.933 bits per heavy atom. The van der Waals surface area contributed by atoms with Crippen LogP contribution in [-0.4, -0.2) is 6.29 Å². The molecular formula is C13H14NaO+. The Morgan fingerprint density at radius 3 is 1.40 bits per heavy atom. The predicted octanol–water partition coefficient (Wildman–Crippen LogP) is 0.439. The van der Waals surface area contributed by atoms with Crippen LogP contribution in [0.2, 0.25) is 0 Å². The minimum absolute atomic E-state index is 0. The van der Waals surface area contributed by atoms with Crippen LogP contribution in [0.25, 0.3) is 10.8 Å². The molecule has 0 aliphatic rings. The van der Waals surface area contributed by atoms with Crippen LogP contribution in [0.15, 0.2) is 48.5 Å². The van der Waals surface area contributed by atoms with E-state index in [-0.39, 0.29) is 29.6 Å². The minimum atomic E-state index is 0. The zero-order valence-corrected chi connectivity index (χ0v) is 11.3. The molecule has 15 heavy (non-hydrogen) atoms. The number of hydrogen-bond donors (Lipinski definition) is 0. The molecule has 0 aliphatic carbocycles. The molecule has 0 N–H and O–H groups in total. The van der Waals surface area contributed by atoms with Crippen LogP contribution in [-0.2, 0) is 4.79 Å². The van der Waals surface area contributed by atoms with Gasteiger partial charge in [0.25, 0.3) is 0 Å². The van der Waals surface area contributed by atoms with Crippen LogP contribution in [0.4, 0.5) is 0 Å². The van der Waals surface area contributed by atoms with Crippen molar-refractivity contribution in [3.05, 3.63) is 48.5 Å². The van der Waals surface area contributed by atoms with Gasteiger partial charge in [0.05, 0.1) is 0 Å². The van der Waals surface area contributed by atoms with Gasteiger partial charge in [0.15, 0.2) is 0 Å². The first kappa shape index (κ1) is 14.4. The molecule has 1 nitrogen and oxygen atoms in total. The number of carbonyl (C=O) groups excluding carboxylic acids is 1. The van der Waals surface area contributed by atoms with E-state index in [4.69, 9.17) is 0 Å². The first-order valence-electron chi connectivity index (χ1n) is 4.76. The Balaban J connectivity index is 0.000000346. The summed E-state index contributed by atoms with van der Waals surface area (Å²) in [6, 6.07) is 16.7. The van der Waals surface area contributed by atoms with Gasteiger partial charge in [-0.15, -0.1) is 0 Å². The van der Waals surface area contributed by atoms with Gasteiger partial charge in [-0.3, -0.25) is 0 Å². The van der Waals surface area contributed by atoms with E-state index in [0.717, 1.165) is 6.29 Å². The Kier molecular flexibility index (Phi) is 8.30. The van der Waals surface area contributed by atoms with E-state index >= 15 is 0 Å². The van der Waals surface area contributed by atoms with Gasteiger partial charge in [0.2, 0.25) is 0 Å². The largest absolute Gasteiger partial charge is 1.00 e. The molecule has 2 aromatic carbocycles. The fourth-order valence-electron chi connectivity index (χ4n) is 1.13. The zero-order chi connectivity index (χ0) is 10.2. The van der Waals surface area contributed by atoms with Crippen molar-refractivity contribution < 1.29 is 34.4 Å². The van der Waals surface area contributed by atoms with Crippen LogP contribution in [0.1, 0.15) is 13.3 Å². The molecule has 0 fully saturated rings. The molecule has 0 radical (unpaired) electrons. The standard InChI is InChI=1S/C10H8.C3H6O.Na/c1-2-6-10-8-4-3-7-9(10)5-1;1-2-3-4;/h1-8H;3H,2H2,1H3;/q;;+1. The molecule has 0 saturated heterocycles. The summed E-state index contributed by atoms with van der Waals surface area (Å²) in [5.74, 6) is 0. The molecule has 0 bridgehead atoms. The summed E-state index contributed by atoms with van der Waals surface area (Å²) in [4.78, 5) is 9.17. The van der Waals surface area contributed by atoms with Gasteiger partial charge in [-0.2, -0.15) is 0 Å². The first-order valence-corrected chi connectivity index (χ1v) is 4.76. The number of hydrogen-bond acceptors (Lipinski definition) is 1. The summed E-state index contributed by atoms with van der Waals surface area (Å²) in [5, 5.41) is 2.62. The number of rotatable bonds is 1. The van der Waals surface area contributed by atoms with Crippen molar-refractivity contribution in [1.29, 1.82) is 0 Å².